The number of halogens is 2. The molecule has 0 spiro atoms. The van der Waals surface area contributed by atoms with Crippen molar-refractivity contribution in [2.24, 2.45) is 0 Å². The number of anilines is 2. The van der Waals surface area contributed by atoms with Crippen LogP contribution in [0.5, 0.6) is 0 Å². The fraction of sp³-hybridized carbons (Fsp3) is 0.105. The van der Waals surface area contributed by atoms with Crippen LogP contribution in [0.1, 0.15) is 17.3 Å². The van der Waals surface area contributed by atoms with Crippen LogP contribution in [0.15, 0.2) is 53.7 Å². The third kappa shape index (κ3) is 7.58. The summed E-state index contributed by atoms with van der Waals surface area (Å²) >= 11 is 6.97. The maximum atomic E-state index is 12.3. The summed E-state index contributed by atoms with van der Waals surface area (Å²) in [4.78, 5) is 22.2. The van der Waals surface area contributed by atoms with Gasteiger partial charge in [-0.3, -0.25) is 9.82 Å². The summed E-state index contributed by atoms with van der Waals surface area (Å²) in [5, 5.41) is 16.3. The van der Waals surface area contributed by atoms with Crippen LogP contribution in [0.25, 0.3) is 0 Å². The van der Waals surface area contributed by atoms with Crippen LogP contribution in [-0.4, -0.2) is 61.1 Å². The molecule has 0 aliphatic heterocycles. The van der Waals surface area contributed by atoms with Gasteiger partial charge in [0.15, 0.2) is 0 Å². The minimum absolute atomic E-state index is 0.000325. The van der Waals surface area contributed by atoms with Gasteiger partial charge in [-0.25, -0.2) is 4.79 Å². The number of rotatable bonds is 7. The van der Waals surface area contributed by atoms with Gasteiger partial charge in [0.2, 0.25) is 5.03 Å². The molecule has 3 aromatic rings. The number of nitrogens with one attached hydrogen (secondary N) is 3. The topological polar surface area (TPSA) is 197 Å². The number of sulfonamides is 1. The SMILES string of the molecule is CC(=O)Nc1cccc([As](=O)(O)OO)c1.COC(=O)c1c[nH]nc1S(=O)(=O)Nc1c(Cl)cccc1Cl. The molecule has 0 saturated carbocycles. The van der Waals surface area contributed by atoms with Gasteiger partial charge in [-0.1, -0.05) is 29.3 Å². The molecular formula is C19H19AsCl2N4O9S. The smallest absolute Gasteiger partial charge is 0.342 e. The van der Waals surface area contributed by atoms with E-state index >= 15 is 0 Å². The molecule has 0 bridgehead atoms. The molecule has 5 N–H and O–H groups in total. The van der Waals surface area contributed by atoms with Gasteiger partial charge in [-0.15, -0.1) is 0 Å². The van der Waals surface area contributed by atoms with Crippen molar-refractivity contribution < 1.29 is 39.7 Å². The quantitative estimate of drug-likeness (QED) is 0.112. The Morgan fingerprint density at radius 3 is 2.31 bits per heavy atom. The number of nitrogens with zero attached hydrogens (tertiary/aromatic N) is 1. The maximum Gasteiger partial charge on any atom is 0.342 e. The van der Waals surface area contributed by atoms with E-state index < -0.39 is 35.2 Å². The van der Waals surface area contributed by atoms with Crippen molar-refractivity contribution in [3.8, 4) is 0 Å². The van der Waals surface area contributed by atoms with Crippen molar-refractivity contribution in [2.45, 2.75) is 11.9 Å². The second-order valence-electron chi connectivity index (χ2n) is 6.63. The molecule has 1 atom stereocenters. The number of carbonyl (C=O) groups excluding carboxylic acids is 2. The number of para-hydroxylation sites is 1. The third-order valence-corrected chi connectivity index (χ3v) is 8.41. The van der Waals surface area contributed by atoms with E-state index in [0.717, 1.165) is 13.3 Å². The Kier molecular flexibility index (Phi) is 10.1. The average molecular weight is 625 g/mol. The second kappa shape index (κ2) is 12.4. The van der Waals surface area contributed by atoms with Crippen molar-refractivity contribution >= 4 is 75.0 Å². The third-order valence-electron chi connectivity index (χ3n) is 4.07. The fourth-order valence-electron chi connectivity index (χ4n) is 2.53. The van der Waals surface area contributed by atoms with E-state index in [0.29, 0.717) is 5.69 Å². The van der Waals surface area contributed by atoms with Gasteiger partial charge in [0, 0.05) is 6.20 Å². The van der Waals surface area contributed by atoms with Crippen LogP contribution in [0.4, 0.5) is 11.4 Å². The normalized spacial score (nSPS) is 12.5. The summed E-state index contributed by atoms with van der Waals surface area (Å²) in [6, 6.07) is 10.1. The van der Waals surface area contributed by atoms with E-state index in [4.69, 9.17) is 28.5 Å². The summed E-state index contributed by atoms with van der Waals surface area (Å²) < 4.78 is 55.2. The summed E-state index contributed by atoms with van der Waals surface area (Å²) in [7, 11) is -3.03. The summed E-state index contributed by atoms with van der Waals surface area (Å²) in [6.07, 6.45) is 1.12. The standard InChI is InChI=1S/C11H9Cl2N3O4S.C8H10AsNO5/c1-20-11(17)6-5-14-15-10(6)21(18,19)16-9-7(12)3-2-4-8(9)13;1-6(11)10-8-4-2-3-7(5-8)9(12,13)15-14/h2-5,16H,1H3,(H,14,15);2-5,14H,1H3,(H,10,11)(H,12,13). The number of benzene rings is 2. The largest absolute Gasteiger partial charge is 0.465 e. The Labute approximate surface area is 217 Å². The molecule has 0 saturated heterocycles. The summed E-state index contributed by atoms with van der Waals surface area (Å²) in [6.45, 7) is 1.32. The molecule has 2 aromatic carbocycles. The summed E-state index contributed by atoms with van der Waals surface area (Å²) in [5.74, 6) is -1.13. The van der Waals surface area contributed by atoms with Gasteiger partial charge in [0.05, 0.1) is 22.8 Å². The van der Waals surface area contributed by atoms with Gasteiger partial charge in [-0.2, -0.15) is 13.5 Å². The first-order chi connectivity index (χ1) is 16.8. The molecular weight excluding hydrogens is 606 g/mol. The van der Waals surface area contributed by atoms with Crippen LogP contribution >= 0.6 is 23.2 Å². The number of hydrogen-bond donors (Lipinski definition) is 5. The fourth-order valence-corrected chi connectivity index (χ4v) is 5.73. The Balaban J connectivity index is 0.000000269. The maximum absolute atomic E-state index is 12.3. The first-order valence-electron chi connectivity index (χ1n) is 9.45. The molecule has 0 radical (unpaired) electrons. The van der Waals surface area contributed by atoms with Crippen molar-refractivity contribution in [3.05, 3.63) is 64.3 Å². The monoisotopic (exact) mass is 624 g/mol. The predicted octanol–water partition coefficient (Wildman–Crippen LogP) is 2.01. The molecule has 1 heterocycles. The van der Waals surface area contributed by atoms with Gasteiger partial charge in [0.1, 0.15) is 5.56 Å². The van der Waals surface area contributed by atoms with Crippen molar-refractivity contribution in [1.29, 1.82) is 0 Å². The van der Waals surface area contributed by atoms with Crippen LogP contribution in [0.3, 0.4) is 0 Å². The number of aromatic amines is 1. The van der Waals surface area contributed by atoms with Crippen molar-refractivity contribution in [1.82, 2.24) is 10.2 Å². The molecule has 1 aromatic heterocycles. The zero-order valence-electron chi connectivity index (χ0n) is 18.4. The Morgan fingerprint density at radius 2 is 1.75 bits per heavy atom. The van der Waals surface area contributed by atoms with E-state index in [1.54, 1.807) is 12.1 Å². The number of hydrogen-bond acceptors (Lipinski definition) is 9. The van der Waals surface area contributed by atoms with Crippen LogP contribution in [-0.2, 0) is 27.2 Å². The van der Waals surface area contributed by atoms with Gasteiger partial charge >= 0.3 is 94.4 Å². The van der Waals surface area contributed by atoms with Gasteiger partial charge in [-0.05, 0) is 12.1 Å². The number of aromatic nitrogens is 2. The molecule has 194 valence electrons. The number of esters is 1. The molecule has 17 heteroatoms. The average Bonchev–Trinajstić information content (AvgIpc) is 3.32. The summed E-state index contributed by atoms with van der Waals surface area (Å²) in [5.41, 5.74) is 0.139. The van der Waals surface area contributed by atoms with E-state index in [1.165, 1.54) is 37.3 Å². The number of ether oxygens (including phenoxy) is 1. The number of carbonyl (C=O) groups is 2. The van der Waals surface area contributed by atoms with E-state index in [9.17, 15) is 25.8 Å². The zero-order chi connectivity index (χ0) is 27.1. The molecule has 0 fully saturated rings. The van der Waals surface area contributed by atoms with Gasteiger partial charge in [0.25, 0.3) is 10.0 Å². The van der Waals surface area contributed by atoms with E-state index in [1.807, 2.05) is 0 Å². The van der Waals surface area contributed by atoms with E-state index in [2.05, 4.69) is 28.8 Å². The predicted molar refractivity (Wildman–Crippen MR) is 130 cm³/mol. The zero-order valence-corrected chi connectivity index (χ0v) is 22.6. The number of H-pyrrole nitrogens is 1. The first-order valence-corrected chi connectivity index (χ1v) is 15.0. The Hall–Kier alpha value is -2.84. The molecule has 1 amide bonds. The Morgan fingerprint density at radius 1 is 1.14 bits per heavy atom. The van der Waals surface area contributed by atoms with Crippen LogP contribution in [0, 0.1) is 0 Å². The van der Waals surface area contributed by atoms with Gasteiger partial charge < -0.3 is 4.74 Å². The molecule has 3 rings (SSSR count). The number of amides is 1. The van der Waals surface area contributed by atoms with E-state index in [-0.39, 0.29) is 31.6 Å². The molecule has 0 aliphatic carbocycles. The number of methoxy groups -OCH3 is 1. The molecule has 36 heavy (non-hydrogen) atoms. The first kappa shape index (κ1) is 29.4. The Bertz CT molecular complexity index is 1400. The molecule has 13 nitrogen and oxygen atoms in total. The van der Waals surface area contributed by atoms with Crippen molar-refractivity contribution in [3.63, 3.8) is 0 Å². The minimum atomic E-state index is -4.83. The van der Waals surface area contributed by atoms with Crippen LogP contribution in [0.2, 0.25) is 10.0 Å². The van der Waals surface area contributed by atoms with Crippen LogP contribution < -0.4 is 14.4 Å². The molecule has 0 aliphatic rings. The van der Waals surface area contributed by atoms with Crippen molar-refractivity contribution in [2.75, 3.05) is 17.1 Å². The minimum Gasteiger partial charge on any atom is -0.465 e. The molecule has 1 unspecified atom stereocenters. The second-order valence-corrected chi connectivity index (χ2v) is 12.7.